The molecule has 0 aliphatic heterocycles. The fraction of sp³-hybridized carbons (Fsp3) is 0.364. The Morgan fingerprint density at radius 3 is 2.09 bits per heavy atom. The van der Waals surface area contributed by atoms with E-state index in [0.717, 1.165) is 16.5 Å². The maximum absolute atomic E-state index is 13.7. The molecule has 0 unspecified atom stereocenters. The largest absolute Gasteiger partial charge is 0.481 e. The van der Waals surface area contributed by atoms with Crippen LogP contribution in [0.2, 0.25) is 0 Å². The highest BCUT2D eigenvalue weighted by atomic mass is 16.4. The van der Waals surface area contributed by atoms with Crippen LogP contribution >= 0.6 is 0 Å². The first kappa shape index (κ1) is 36.3. The molecule has 0 radical (unpaired) electrons. The number of aromatic nitrogens is 1. The van der Waals surface area contributed by atoms with Crippen molar-refractivity contribution in [3.63, 3.8) is 0 Å². The van der Waals surface area contributed by atoms with E-state index in [1.165, 1.54) is 6.20 Å². The Morgan fingerprint density at radius 2 is 1.40 bits per heavy atom. The summed E-state index contributed by atoms with van der Waals surface area (Å²) in [5, 5.41) is 26.6. The van der Waals surface area contributed by atoms with Gasteiger partial charge in [-0.3, -0.25) is 33.8 Å². The molecule has 14 heteroatoms. The molecule has 9 N–H and O–H groups in total. The predicted molar refractivity (Wildman–Crippen MR) is 173 cm³/mol. The summed E-state index contributed by atoms with van der Waals surface area (Å²) in [4.78, 5) is 78.4. The summed E-state index contributed by atoms with van der Waals surface area (Å²) in [6.45, 7) is 0.0138. The Kier molecular flexibility index (Phi) is 13.9. The van der Waals surface area contributed by atoms with E-state index in [2.05, 4.69) is 20.9 Å². The molecule has 1 heterocycles. The van der Waals surface area contributed by atoms with Crippen molar-refractivity contribution in [2.24, 2.45) is 17.4 Å². The van der Waals surface area contributed by atoms with Crippen LogP contribution in [0.5, 0.6) is 0 Å². The zero-order chi connectivity index (χ0) is 34.3. The molecule has 3 aromatic rings. The first-order valence-electron chi connectivity index (χ1n) is 15.2. The second-order valence-corrected chi connectivity index (χ2v) is 11.2. The summed E-state index contributed by atoms with van der Waals surface area (Å²) in [5.41, 5.74) is 13.5. The van der Waals surface area contributed by atoms with E-state index in [1.54, 1.807) is 6.07 Å². The number of Topliss-reactive ketones (excluding diaryl/α,β-unsaturated/α-hetero) is 1. The number of nitrogens with zero attached hydrogens (tertiary/aromatic N) is 1. The minimum Gasteiger partial charge on any atom is -0.481 e. The molecule has 4 atom stereocenters. The number of para-hydroxylation sites is 1. The second kappa shape index (κ2) is 18.1. The number of ketones is 1. The van der Waals surface area contributed by atoms with Gasteiger partial charge in [0, 0.05) is 24.3 Å². The van der Waals surface area contributed by atoms with Crippen LogP contribution in [0.1, 0.15) is 44.1 Å². The van der Waals surface area contributed by atoms with E-state index in [9.17, 15) is 28.8 Å². The molecular formula is C33H40N6O8. The van der Waals surface area contributed by atoms with E-state index in [-0.39, 0.29) is 25.8 Å². The minimum atomic E-state index is -1.42. The number of benzene rings is 2. The highest BCUT2D eigenvalue weighted by Crippen LogP contribution is 2.21. The number of fused-ring (bicyclic) bond motifs is 1. The zero-order valence-corrected chi connectivity index (χ0v) is 25.8. The van der Waals surface area contributed by atoms with Crippen LogP contribution in [0.4, 0.5) is 5.69 Å². The average molecular weight is 649 g/mol. The van der Waals surface area contributed by atoms with Gasteiger partial charge in [0.25, 0.3) is 0 Å². The number of aliphatic carboxylic acids is 2. The van der Waals surface area contributed by atoms with Crippen LogP contribution in [0.25, 0.3) is 10.9 Å². The number of nitrogens with two attached hydrogens (primary N) is 2. The molecule has 14 nitrogen and oxygen atoms in total. The standard InChI is InChI=1S/C33H40N6O8/c34-24(17-29(41)42)32(46)36-14-6-11-27(39-33(47)25(35)18-30(43)44)28(40)16-22(13-12-20-7-2-1-3-8-20)31(45)38-23-15-21-9-4-5-10-26(21)37-19-23/h1-5,7-10,15,19,22,24-25,27H,6,11-14,16-18,34-35H2,(H,36,46)(H,38,45)(H,39,47)(H,41,42)(H,43,44)/t22-,24-,25-,27+/m0/s1. The first-order valence-corrected chi connectivity index (χ1v) is 15.2. The van der Waals surface area contributed by atoms with Crippen molar-refractivity contribution in [2.75, 3.05) is 11.9 Å². The number of pyridine rings is 1. The third-order valence-electron chi connectivity index (χ3n) is 7.44. The van der Waals surface area contributed by atoms with E-state index in [4.69, 9.17) is 21.7 Å². The van der Waals surface area contributed by atoms with Crippen LogP contribution in [0, 0.1) is 5.92 Å². The highest BCUT2D eigenvalue weighted by Gasteiger charge is 2.29. The molecule has 250 valence electrons. The van der Waals surface area contributed by atoms with E-state index < -0.39 is 72.3 Å². The topological polar surface area (TPSA) is 244 Å². The smallest absolute Gasteiger partial charge is 0.305 e. The number of nitrogens with one attached hydrogen (secondary N) is 3. The third-order valence-corrected chi connectivity index (χ3v) is 7.44. The fourth-order valence-corrected chi connectivity index (χ4v) is 4.88. The minimum absolute atomic E-state index is 0.0138. The van der Waals surface area contributed by atoms with Crippen molar-refractivity contribution in [3.05, 3.63) is 72.4 Å². The molecule has 1 aromatic heterocycles. The monoisotopic (exact) mass is 648 g/mol. The van der Waals surface area contributed by atoms with Gasteiger partial charge in [0.2, 0.25) is 17.7 Å². The number of carboxylic acids is 2. The molecule has 0 fully saturated rings. The Hall–Kier alpha value is -5.21. The Bertz CT molecular complexity index is 1570. The Morgan fingerprint density at radius 1 is 0.766 bits per heavy atom. The lowest BCUT2D eigenvalue weighted by Gasteiger charge is -2.23. The van der Waals surface area contributed by atoms with Crippen molar-refractivity contribution in [1.82, 2.24) is 15.6 Å². The molecular weight excluding hydrogens is 608 g/mol. The van der Waals surface area contributed by atoms with Gasteiger partial charge in [0.1, 0.15) is 0 Å². The van der Waals surface area contributed by atoms with Gasteiger partial charge in [-0.1, -0.05) is 48.5 Å². The van der Waals surface area contributed by atoms with Gasteiger partial charge in [-0.2, -0.15) is 0 Å². The molecule has 0 bridgehead atoms. The molecule has 0 aliphatic rings. The summed E-state index contributed by atoms with van der Waals surface area (Å²) < 4.78 is 0. The SMILES string of the molecule is N[C@@H](CC(=O)O)C(=O)NCCC[C@@H](NC(=O)[C@@H](N)CC(=O)O)C(=O)C[C@H](CCc1ccccc1)C(=O)Nc1cnc2ccccc2c1. The van der Waals surface area contributed by atoms with Gasteiger partial charge >= 0.3 is 11.9 Å². The van der Waals surface area contributed by atoms with Gasteiger partial charge in [0.05, 0.1) is 48.4 Å². The van der Waals surface area contributed by atoms with Crippen molar-refractivity contribution in [3.8, 4) is 0 Å². The van der Waals surface area contributed by atoms with Crippen molar-refractivity contribution in [2.45, 2.75) is 63.1 Å². The molecule has 3 rings (SSSR count). The maximum Gasteiger partial charge on any atom is 0.305 e. The van der Waals surface area contributed by atoms with E-state index >= 15 is 0 Å². The van der Waals surface area contributed by atoms with Crippen LogP contribution in [0.15, 0.2) is 66.9 Å². The van der Waals surface area contributed by atoms with Crippen molar-refractivity contribution >= 4 is 52.0 Å². The number of rotatable bonds is 19. The normalized spacial score (nSPS) is 13.5. The number of hydrogen-bond acceptors (Lipinski definition) is 9. The van der Waals surface area contributed by atoms with Crippen LogP contribution in [0.3, 0.4) is 0 Å². The summed E-state index contributed by atoms with van der Waals surface area (Å²) in [6, 6.07) is 14.8. The molecule has 47 heavy (non-hydrogen) atoms. The maximum atomic E-state index is 13.7. The van der Waals surface area contributed by atoms with Gasteiger partial charge in [0.15, 0.2) is 5.78 Å². The average Bonchev–Trinajstić information content (AvgIpc) is 3.03. The number of carbonyl (C=O) groups excluding carboxylic acids is 4. The predicted octanol–water partition coefficient (Wildman–Crippen LogP) is 1.37. The Labute approximate surface area is 271 Å². The number of carbonyl (C=O) groups is 6. The zero-order valence-electron chi connectivity index (χ0n) is 25.8. The lowest BCUT2D eigenvalue weighted by molar-refractivity contribution is -0.140. The number of aryl methyl sites for hydroxylation is 1. The number of anilines is 1. The molecule has 0 saturated heterocycles. The Balaban J connectivity index is 1.75. The number of hydrogen-bond donors (Lipinski definition) is 7. The van der Waals surface area contributed by atoms with Crippen molar-refractivity contribution in [1.29, 1.82) is 0 Å². The molecule has 2 aromatic carbocycles. The fourth-order valence-electron chi connectivity index (χ4n) is 4.88. The van der Waals surface area contributed by atoms with E-state index in [0.29, 0.717) is 18.5 Å². The third kappa shape index (κ3) is 12.2. The van der Waals surface area contributed by atoms with Gasteiger partial charge in [-0.15, -0.1) is 0 Å². The first-order chi connectivity index (χ1) is 22.4. The lowest BCUT2D eigenvalue weighted by atomic mass is 9.90. The van der Waals surface area contributed by atoms with Crippen molar-refractivity contribution < 1.29 is 39.0 Å². The van der Waals surface area contributed by atoms with Gasteiger partial charge in [-0.05, 0) is 43.4 Å². The number of amides is 3. The molecule has 0 saturated carbocycles. The summed E-state index contributed by atoms with van der Waals surface area (Å²) >= 11 is 0. The molecule has 0 aliphatic carbocycles. The van der Waals surface area contributed by atoms with Crippen LogP contribution < -0.4 is 27.4 Å². The van der Waals surface area contributed by atoms with Gasteiger partial charge in [-0.25, -0.2) is 0 Å². The summed E-state index contributed by atoms with van der Waals surface area (Å²) in [7, 11) is 0. The number of carboxylic acid groups (broad SMARTS) is 2. The molecule has 0 spiro atoms. The summed E-state index contributed by atoms with van der Waals surface area (Å²) in [5.74, 6) is -5.79. The summed E-state index contributed by atoms with van der Waals surface area (Å²) in [6.07, 6.45) is 1.03. The van der Waals surface area contributed by atoms with Gasteiger partial charge < -0.3 is 37.6 Å². The quantitative estimate of drug-likeness (QED) is 0.0915. The van der Waals surface area contributed by atoms with Crippen LogP contribution in [-0.4, -0.2) is 75.3 Å². The molecule has 3 amide bonds. The second-order valence-electron chi connectivity index (χ2n) is 11.2. The highest BCUT2D eigenvalue weighted by molar-refractivity contribution is 5.98. The van der Waals surface area contributed by atoms with Crippen LogP contribution in [-0.2, 0) is 35.2 Å². The van der Waals surface area contributed by atoms with E-state index in [1.807, 2.05) is 54.6 Å². The lowest BCUT2D eigenvalue weighted by Crippen LogP contribution is -2.50.